The molecule has 166 valence electrons. The van der Waals surface area contributed by atoms with Crippen LogP contribution in [0.3, 0.4) is 0 Å². The summed E-state index contributed by atoms with van der Waals surface area (Å²) in [6.07, 6.45) is 1.69. The van der Waals surface area contributed by atoms with Crippen molar-refractivity contribution < 1.29 is 17.5 Å². The first-order valence-corrected chi connectivity index (χ1v) is 11.7. The second-order valence-corrected chi connectivity index (χ2v) is 8.89. The number of sulfonamides is 1. The van der Waals surface area contributed by atoms with Gasteiger partial charge in [-0.05, 0) is 71.8 Å². The third kappa shape index (κ3) is 6.27. The molecule has 33 heavy (non-hydrogen) atoms. The Labute approximate surface area is 192 Å². The molecule has 0 heterocycles. The first kappa shape index (κ1) is 22.2. The van der Waals surface area contributed by atoms with Gasteiger partial charge in [-0.25, -0.2) is 12.8 Å². The van der Waals surface area contributed by atoms with Gasteiger partial charge in [0.15, 0.2) is 0 Å². The van der Waals surface area contributed by atoms with Gasteiger partial charge >= 0.3 is 0 Å². The average molecular weight is 461 g/mol. The molecule has 0 aliphatic heterocycles. The van der Waals surface area contributed by atoms with Gasteiger partial charge in [0, 0.05) is 11.9 Å². The summed E-state index contributed by atoms with van der Waals surface area (Å²) in [5.74, 6) is 0.296. The highest BCUT2D eigenvalue weighted by atomic mass is 32.2. The molecule has 0 aliphatic carbocycles. The number of hydrogen-bond acceptors (Lipinski definition) is 4. The van der Waals surface area contributed by atoms with Crippen LogP contribution in [0.15, 0.2) is 113 Å². The van der Waals surface area contributed by atoms with Crippen LogP contribution in [0.25, 0.3) is 0 Å². The van der Waals surface area contributed by atoms with Crippen LogP contribution in [0.4, 0.5) is 15.8 Å². The fourth-order valence-corrected chi connectivity index (χ4v) is 4.08. The maximum absolute atomic E-state index is 13.0. The van der Waals surface area contributed by atoms with Crippen molar-refractivity contribution in [1.82, 2.24) is 0 Å². The van der Waals surface area contributed by atoms with E-state index in [-0.39, 0.29) is 10.6 Å². The maximum atomic E-state index is 13.0. The van der Waals surface area contributed by atoms with E-state index in [2.05, 4.69) is 9.71 Å². The van der Waals surface area contributed by atoms with E-state index < -0.39 is 15.8 Å². The molecular formula is C26H21FN2O3S. The van der Waals surface area contributed by atoms with Crippen LogP contribution in [-0.2, 0) is 16.6 Å². The van der Waals surface area contributed by atoms with Crippen molar-refractivity contribution in [3.05, 3.63) is 120 Å². The van der Waals surface area contributed by atoms with Crippen LogP contribution in [0.2, 0.25) is 0 Å². The van der Waals surface area contributed by atoms with Gasteiger partial charge in [-0.3, -0.25) is 9.71 Å². The van der Waals surface area contributed by atoms with Gasteiger partial charge in [0.25, 0.3) is 10.0 Å². The number of halogens is 1. The highest BCUT2D eigenvalue weighted by molar-refractivity contribution is 7.92. The molecule has 1 N–H and O–H groups in total. The number of aliphatic imine (C=N–C) groups is 1. The molecule has 0 spiro atoms. The van der Waals surface area contributed by atoms with Gasteiger partial charge in [-0.1, -0.05) is 42.5 Å². The van der Waals surface area contributed by atoms with Crippen molar-refractivity contribution in [1.29, 1.82) is 0 Å². The summed E-state index contributed by atoms with van der Waals surface area (Å²) >= 11 is 0. The zero-order valence-corrected chi connectivity index (χ0v) is 18.4. The summed E-state index contributed by atoms with van der Waals surface area (Å²) < 4.78 is 46.3. The Morgan fingerprint density at radius 2 is 1.58 bits per heavy atom. The topological polar surface area (TPSA) is 67.8 Å². The van der Waals surface area contributed by atoms with E-state index in [0.29, 0.717) is 12.3 Å². The lowest BCUT2D eigenvalue weighted by molar-refractivity contribution is 0.306. The van der Waals surface area contributed by atoms with E-state index in [4.69, 9.17) is 4.74 Å². The normalized spacial score (nSPS) is 11.4. The van der Waals surface area contributed by atoms with Crippen molar-refractivity contribution in [3.63, 3.8) is 0 Å². The summed E-state index contributed by atoms with van der Waals surface area (Å²) in [6.45, 7) is 0.476. The lowest BCUT2D eigenvalue weighted by Crippen LogP contribution is -2.12. The van der Waals surface area contributed by atoms with E-state index in [1.165, 1.54) is 36.4 Å². The largest absolute Gasteiger partial charge is 0.489 e. The summed E-state index contributed by atoms with van der Waals surface area (Å²) in [7, 11) is -3.79. The van der Waals surface area contributed by atoms with E-state index in [1.54, 1.807) is 18.3 Å². The molecule has 0 unspecified atom stereocenters. The first-order chi connectivity index (χ1) is 16.0. The molecule has 0 fully saturated rings. The van der Waals surface area contributed by atoms with E-state index in [0.717, 1.165) is 16.9 Å². The molecule has 0 saturated heterocycles. The van der Waals surface area contributed by atoms with Gasteiger partial charge in [0.1, 0.15) is 18.2 Å². The molecule has 0 saturated carbocycles. The zero-order valence-electron chi connectivity index (χ0n) is 17.6. The number of anilines is 1. The molecule has 4 aromatic rings. The highest BCUT2D eigenvalue weighted by Crippen LogP contribution is 2.20. The third-order valence-corrected chi connectivity index (χ3v) is 6.11. The summed E-state index contributed by atoms with van der Waals surface area (Å²) in [4.78, 5) is 4.50. The van der Waals surface area contributed by atoms with Gasteiger partial charge in [-0.2, -0.15) is 0 Å². The predicted molar refractivity (Wildman–Crippen MR) is 128 cm³/mol. The fraction of sp³-hybridized carbons (Fsp3) is 0.0385. The van der Waals surface area contributed by atoms with Gasteiger partial charge < -0.3 is 4.74 Å². The Morgan fingerprint density at radius 1 is 0.848 bits per heavy atom. The van der Waals surface area contributed by atoms with Crippen molar-refractivity contribution in [2.24, 2.45) is 4.99 Å². The second kappa shape index (κ2) is 10.1. The van der Waals surface area contributed by atoms with Crippen LogP contribution in [0.1, 0.15) is 11.1 Å². The minimum atomic E-state index is -3.79. The molecule has 0 aliphatic rings. The highest BCUT2D eigenvalue weighted by Gasteiger charge is 2.14. The Bertz CT molecular complexity index is 1340. The number of rotatable bonds is 8. The Balaban J connectivity index is 1.40. The average Bonchev–Trinajstić information content (AvgIpc) is 2.84. The predicted octanol–water partition coefficient (Wildman–Crippen LogP) is 5.96. The van der Waals surface area contributed by atoms with Gasteiger partial charge in [0.05, 0.1) is 10.6 Å². The lowest BCUT2D eigenvalue weighted by atomic mass is 10.2. The van der Waals surface area contributed by atoms with Gasteiger partial charge in [0.2, 0.25) is 0 Å². The van der Waals surface area contributed by atoms with Gasteiger partial charge in [-0.15, -0.1) is 0 Å². The molecule has 5 nitrogen and oxygen atoms in total. The molecule has 4 aromatic carbocycles. The molecule has 0 atom stereocenters. The van der Waals surface area contributed by atoms with Crippen LogP contribution < -0.4 is 9.46 Å². The summed E-state index contributed by atoms with van der Waals surface area (Å²) in [6, 6.07) is 28.8. The first-order valence-electron chi connectivity index (χ1n) is 10.2. The van der Waals surface area contributed by atoms with Crippen LogP contribution in [0, 0.1) is 5.82 Å². The second-order valence-electron chi connectivity index (χ2n) is 7.21. The van der Waals surface area contributed by atoms with E-state index in [1.807, 2.05) is 54.6 Å². The Kier molecular flexibility index (Phi) is 6.80. The quantitative estimate of drug-likeness (QED) is 0.330. The zero-order chi connectivity index (χ0) is 23.1. The molecule has 0 aromatic heterocycles. The minimum Gasteiger partial charge on any atom is -0.489 e. The summed E-state index contributed by atoms with van der Waals surface area (Å²) in [5, 5.41) is 0. The van der Waals surface area contributed by atoms with Crippen molar-refractivity contribution in [2.45, 2.75) is 11.5 Å². The van der Waals surface area contributed by atoms with E-state index >= 15 is 0 Å². The Hall–Kier alpha value is -3.97. The van der Waals surface area contributed by atoms with Crippen molar-refractivity contribution >= 4 is 27.6 Å². The lowest BCUT2D eigenvalue weighted by Gasteiger charge is -2.08. The molecule has 0 radical (unpaired) electrons. The number of nitrogens with one attached hydrogen (secondary N) is 1. The van der Waals surface area contributed by atoms with E-state index in [9.17, 15) is 12.8 Å². The third-order valence-electron chi connectivity index (χ3n) is 4.71. The molecule has 7 heteroatoms. The monoisotopic (exact) mass is 460 g/mol. The smallest absolute Gasteiger partial charge is 0.261 e. The fourth-order valence-electron chi connectivity index (χ4n) is 3.02. The van der Waals surface area contributed by atoms with Crippen LogP contribution in [-0.4, -0.2) is 14.6 Å². The number of hydrogen-bond donors (Lipinski definition) is 1. The Morgan fingerprint density at radius 3 is 2.30 bits per heavy atom. The number of ether oxygens (including phenoxy) is 1. The number of nitrogens with zero attached hydrogens (tertiary/aromatic N) is 1. The maximum Gasteiger partial charge on any atom is 0.261 e. The molecule has 4 rings (SSSR count). The van der Waals surface area contributed by atoms with Crippen LogP contribution >= 0.6 is 0 Å². The van der Waals surface area contributed by atoms with Crippen molar-refractivity contribution in [3.8, 4) is 5.75 Å². The van der Waals surface area contributed by atoms with Crippen molar-refractivity contribution in [2.75, 3.05) is 4.72 Å². The molecule has 0 bridgehead atoms. The minimum absolute atomic E-state index is 0.0853. The molecule has 0 amide bonds. The molecular weight excluding hydrogens is 439 g/mol. The van der Waals surface area contributed by atoms with Crippen LogP contribution in [0.5, 0.6) is 5.75 Å². The summed E-state index contributed by atoms with van der Waals surface area (Å²) in [5.41, 5.74) is 2.83. The SMILES string of the molecule is O=S(=O)(Nc1ccc(F)cc1)c1ccc(N=Cc2cccc(OCc3ccccc3)c2)cc1. The standard InChI is InChI=1S/C26H21FN2O3S/c27-22-9-11-24(12-10-22)29-33(30,31)26-15-13-23(14-16-26)28-18-21-7-4-8-25(17-21)32-19-20-5-2-1-3-6-20/h1-18,29H,19H2. The number of benzene rings is 4.